The minimum absolute atomic E-state index is 0.209. The van der Waals surface area contributed by atoms with Gasteiger partial charge < -0.3 is 23.7 Å². The number of aromatic nitrogens is 1. The molecule has 0 saturated carbocycles. The van der Waals surface area contributed by atoms with E-state index < -0.39 is 0 Å². The summed E-state index contributed by atoms with van der Waals surface area (Å²) in [6, 6.07) is 8.96. The monoisotopic (exact) mass is 501 g/mol. The lowest BCUT2D eigenvalue weighted by Crippen LogP contribution is -2.39. The van der Waals surface area contributed by atoms with Crippen LogP contribution in [0.2, 0.25) is 0 Å². The van der Waals surface area contributed by atoms with Gasteiger partial charge in [0.2, 0.25) is 0 Å². The molecule has 2 heterocycles. The molecule has 2 aromatic carbocycles. The first kappa shape index (κ1) is 25.0. The highest BCUT2D eigenvalue weighted by atomic mass is 32.1. The second kappa shape index (κ2) is 11.6. The highest BCUT2D eigenvalue weighted by Gasteiger charge is 2.27. The molecule has 188 valence electrons. The van der Waals surface area contributed by atoms with Gasteiger partial charge in [-0.2, -0.15) is 0 Å². The summed E-state index contributed by atoms with van der Waals surface area (Å²) >= 11 is 1.40. The molecule has 1 saturated heterocycles. The van der Waals surface area contributed by atoms with Crippen LogP contribution < -0.4 is 23.8 Å². The van der Waals surface area contributed by atoms with Gasteiger partial charge in [-0.3, -0.25) is 14.6 Å². The largest absolute Gasteiger partial charge is 0.495 e. The summed E-state index contributed by atoms with van der Waals surface area (Å²) in [5, 5.41) is 0.569. The van der Waals surface area contributed by atoms with E-state index in [-0.39, 0.29) is 5.91 Å². The fourth-order valence-electron chi connectivity index (χ4n) is 4.15. The number of thiazole rings is 1. The van der Waals surface area contributed by atoms with Crippen LogP contribution in [-0.4, -0.2) is 83.6 Å². The zero-order chi connectivity index (χ0) is 24.8. The number of methoxy groups -OCH3 is 4. The van der Waals surface area contributed by atoms with E-state index in [0.717, 1.165) is 44.0 Å². The summed E-state index contributed by atoms with van der Waals surface area (Å²) in [4.78, 5) is 22.8. The van der Waals surface area contributed by atoms with E-state index in [9.17, 15) is 4.79 Å². The number of anilines is 1. The molecule has 3 aromatic rings. The number of benzene rings is 2. The molecule has 1 aliphatic rings. The third-order valence-corrected chi connectivity index (χ3v) is 7.06. The number of nitrogens with zero attached hydrogens (tertiary/aromatic N) is 3. The van der Waals surface area contributed by atoms with E-state index in [4.69, 9.17) is 28.7 Å². The first-order valence-corrected chi connectivity index (χ1v) is 12.3. The Balaban J connectivity index is 1.71. The molecule has 0 radical (unpaired) electrons. The second-order valence-corrected chi connectivity index (χ2v) is 8.93. The van der Waals surface area contributed by atoms with Gasteiger partial charge in [-0.1, -0.05) is 17.4 Å². The third kappa shape index (κ3) is 5.29. The predicted octanol–water partition coefficient (Wildman–Crippen LogP) is 3.70. The lowest BCUT2D eigenvalue weighted by Gasteiger charge is -2.28. The molecular weight excluding hydrogens is 470 g/mol. The van der Waals surface area contributed by atoms with Gasteiger partial charge in [0.15, 0.2) is 16.6 Å². The molecule has 0 unspecified atom stereocenters. The molecule has 0 atom stereocenters. The summed E-state index contributed by atoms with van der Waals surface area (Å²) in [7, 11) is 6.31. The van der Waals surface area contributed by atoms with E-state index in [0.29, 0.717) is 45.8 Å². The SMILES string of the molecule is COc1cccc(C(=O)N(CCCN2CCOCC2)c2nc3c(OC)ccc(OC)c3s2)c1OC. The number of ether oxygens (including phenoxy) is 5. The van der Waals surface area contributed by atoms with E-state index in [2.05, 4.69) is 4.90 Å². The Morgan fingerprint density at radius 3 is 2.40 bits per heavy atom. The van der Waals surface area contributed by atoms with E-state index in [1.807, 2.05) is 12.1 Å². The van der Waals surface area contributed by atoms with Gasteiger partial charge in [-0.15, -0.1) is 0 Å². The fraction of sp³-hybridized carbons (Fsp3) is 0.440. The molecule has 0 spiro atoms. The first-order chi connectivity index (χ1) is 17.1. The maximum absolute atomic E-state index is 13.9. The molecule has 4 rings (SSSR count). The van der Waals surface area contributed by atoms with Crippen LogP contribution in [0.25, 0.3) is 10.2 Å². The Morgan fingerprint density at radius 2 is 1.71 bits per heavy atom. The van der Waals surface area contributed by atoms with E-state index in [1.165, 1.54) is 18.4 Å². The van der Waals surface area contributed by atoms with Crippen molar-refractivity contribution in [3.8, 4) is 23.0 Å². The molecule has 10 heteroatoms. The number of hydrogen-bond acceptors (Lipinski definition) is 9. The maximum atomic E-state index is 13.9. The lowest BCUT2D eigenvalue weighted by molar-refractivity contribution is 0.0376. The summed E-state index contributed by atoms with van der Waals surface area (Å²) in [5.74, 6) is 2.00. The third-order valence-electron chi connectivity index (χ3n) is 5.97. The summed E-state index contributed by atoms with van der Waals surface area (Å²) in [6.45, 7) is 4.61. The van der Waals surface area contributed by atoms with Crippen molar-refractivity contribution in [2.45, 2.75) is 6.42 Å². The number of carbonyl (C=O) groups excluding carboxylic acids is 1. The molecule has 1 aromatic heterocycles. The topological polar surface area (TPSA) is 82.6 Å². The Labute approximate surface area is 209 Å². The zero-order valence-electron chi connectivity index (χ0n) is 20.5. The maximum Gasteiger partial charge on any atom is 0.263 e. The van der Waals surface area contributed by atoms with Gasteiger partial charge in [0, 0.05) is 26.2 Å². The highest BCUT2D eigenvalue weighted by molar-refractivity contribution is 7.22. The van der Waals surface area contributed by atoms with Crippen LogP contribution in [0.3, 0.4) is 0 Å². The first-order valence-electron chi connectivity index (χ1n) is 11.5. The second-order valence-electron chi connectivity index (χ2n) is 7.95. The van der Waals surface area contributed by atoms with Crippen molar-refractivity contribution in [1.29, 1.82) is 0 Å². The number of rotatable bonds is 10. The van der Waals surface area contributed by atoms with Crippen molar-refractivity contribution in [3.63, 3.8) is 0 Å². The van der Waals surface area contributed by atoms with Gasteiger partial charge in [0.25, 0.3) is 5.91 Å². The van der Waals surface area contributed by atoms with Crippen LogP contribution in [0.15, 0.2) is 30.3 Å². The normalized spacial score (nSPS) is 14.1. The highest BCUT2D eigenvalue weighted by Crippen LogP contribution is 2.41. The number of para-hydroxylation sites is 1. The Morgan fingerprint density at radius 1 is 1.00 bits per heavy atom. The molecule has 9 nitrogen and oxygen atoms in total. The van der Waals surface area contributed by atoms with Crippen molar-refractivity contribution in [2.24, 2.45) is 0 Å². The average Bonchev–Trinajstić information content (AvgIpc) is 3.35. The molecule has 0 N–H and O–H groups in total. The lowest BCUT2D eigenvalue weighted by atomic mass is 10.1. The predicted molar refractivity (Wildman–Crippen MR) is 136 cm³/mol. The number of fused-ring (bicyclic) bond motifs is 1. The minimum Gasteiger partial charge on any atom is -0.495 e. The minimum atomic E-state index is -0.209. The number of morpholine rings is 1. The van der Waals surface area contributed by atoms with Crippen LogP contribution in [0.4, 0.5) is 5.13 Å². The molecule has 1 amide bonds. The average molecular weight is 502 g/mol. The van der Waals surface area contributed by atoms with Gasteiger partial charge in [0.05, 0.1) is 47.2 Å². The molecule has 0 aliphatic carbocycles. The van der Waals surface area contributed by atoms with Crippen LogP contribution in [0.1, 0.15) is 16.8 Å². The van der Waals surface area contributed by atoms with Gasteiger partial charge >= 0.3 is 0 Å². The van der Waals surface area contributed by atoms with Crippen molar-refractivity contribution in [1.82, 2.24) is 9.88 Å². The fourth-order valence-corrected chi connectivity index (χ4v) is 5.25. The Hall–Kier alpha value is -3.08. The van der Waals surface area contributed by atoms with Crippen molar-refractivity contribution in [2.75, 3.05) is 72.7 Å². The van der Waals surface area contributed by atoms with Crippen LogP contribution in [0.5, 0.6) is 23.0 Å². The zero-order valence-corrected chi connectivity index (χ0v) is 21.4. The smallest absolute Gasteiger partial charge is 0.263 e. The van der Waals surface area contributed by atoms with Gasteiger partial charge in [0.1, 0.15) is 21.7 Å². The van der Waals surface area contributed by atoms with Gasteiger partial charge in [-0.25, -0.2) is 4.98 Å². The Bertz CT molecular complexity index is 1120. The van der Waals surface area contributed by atoms with Crippen LogP contribution >= 0.6 is 11.3 Å². The number of amides is 1. The molecule has 1 aliphatic heterocycles. The molecule has 1 fully saturated rings. The molecular formula is C25H31N3O6S. The van der Waals surface area contributed by atoms with Crippen molar-refractivity contribution < 1.29 is 28.5 Å². The summed E-state index contributed by atoms with van der Waals surface area (Å²) in [6.07, 6.45) is 0.780. The van der Waals surface area contributed by atoms with Crippen molar-refractivity contribution >= 4 is 32.6 Å². The van der Waals surface area contributed by atoms with E-state index >= 15 is 0 Å². The van der Waals surface area contributed by atoms with E-state index in [1.54, 1.807) is 44.4 Å². The number of carbonyl (C=O) groups is 1. The summed E-state index contributed by atoms with van der Waals surface area (Å²) < 4.78 is 28.3. The van der Waals surface area contributed by atoms with Crippen molar-refractivity contribution in [3.05, 3.63) is 35.9 Å². The standard InChI is InChI=1S/C25H31N3O6S/c1-30-18-9-10-20(32-3)23-21(18)26-25(35-23)28(12-6-11-27-13-15-34-16-14-27)24(29)17-7-5-8-19(31-2)22(17)33-4/h5,7-10H,6,11-16H2,1-4H3. The summed E-state index contributed by atoms with van der Waals surface area (Å²) in [5.41, 5.74) is 1.08. The van der Waals surface area contributed by atoms with Crippen LogP contribution in [0, 0.1) is 0 Å². The quantitative estimate of drug-likeness (QED) is 0.416. The Kier molecular flexibility index (Phi) is 8.27. The number of hydrogen-bond donors (Lipinski definition) is 0. The van der Waals surface area contributed by atoms with Gasteiger partial charge in [-0.05, 0) is 30.7 Å². The molecule has 0 bridgehead atoms. The molecule has 35 heavy (non-hydrogen) atoms. The van der Waals surface area contributed by atoms with Crippen LogP contribution in [-0.2, 0) is 4.74 Å².